The molecule has 1 aromatic carbocycles. The summed E-state index contributed by atoms with van der Waals surface area (Å²) < 4.78 is 10.4. The van der Waals surface area contributed by atoms with Crippen LogP contribution in [-0.4, -0.2) is 24.5 Å². The molecule has 0 N–H and O–H groups in total. The minimum Gasteiger partial charge on any atom is -0.496 e. The Morgan fingerprint density at radius 2 is 2.00 bits per heavy atom. The Kier molecular flexibility index (Phi) is 7.03. The van der Waals surface area contributed by atoms with Gasteiger partial charge < -0.3 is 9.47 Å². The standard InChI is InChI=1S/C13H18ClNO4/c1-18-11-6-7-13(12(10-11)15(16)17)19-9-5-3-2-4-8-14/h6-7,10H,2-5,8-9H2,1H3. The molecule has 0 bridgehead atoms. The molecule has 0 spiro atoms. The van der Waals surface area contributed by atoms with Crippen LogP contribution in [0.15, 0.2) is 18.2 Å². The molecule has 0 aromatic heterocycles. The van der Waals surface area contributed by atoms with Crippen LogP contribution in [0.5, 0.6) is 11.5 Å². The summed E-state index contributed by atoms with van der Waals surface area (Å²) in [6.07, 6.45) is 3.92. The van der Waals surface area contributed by atoms with Crippen molar-refractivity contribution in [2.24, 2.45) is 0 Å². The summed E-state index contributed by atoms with van der Waals surface area (Å²) >= 11 is 5.58. The first kappa shape index (κ1) is 15.6. The Hall–Kier alpha value is -1.49. The summed E-state index contributed by atoms with van der Waals surface area (Å²) in [4.78, 5) is 10.5. The fraction of sp³-hybridized carbons (Fsp3) is 0.538. The molecule has 106 valence electrons. The van der Waals surface area contributed by atoms with Gasteiger partial charge >= 0.3 is 5.69 Å². The van der Waals surface area contributed by atoms with Gasteiger partial charge in [0.15, 0.2) is 5.75 Å². The molecule has 0 amide bonds. The van der Waals surface area contributed by atoms with Crippen molar-refractivity contribution in [3.63, 3.8) is 0 Å². The van der Waals surface area contributed by atoms with Crippen LogP contribution in [0, 0.1) is 10.1 Å². The normalized spacial score (nSPS) is 10.2. The van der Waals surface area contributed by atoms with Gasteiger partial charge in [-0.05, 0) is 25.0 Å². The number of methoxy groups -OCH3 is 1. The van der Waals surface area contributed by atoms with E-state index in [2.05, 4.69) is 0 Å². The Morgan fingerprint density at radius 3 is 2.63 bits per heavy atom. The van der Waals surface area contributed by atoms with Gasteiger partial charge in [-0.3, -0.25) is 10.1 Å². The van der Waals surface area contributed by atoms with Gasteiger partial charge in [0.2, 0.25) is 0 Å². The van der Waals surface area contributed by atoms with Gasteiger partial charge in [-0.1, -0.05) is 12.8 Å². The molecule has 0 atom stereocenters. The van der Waals surface area contributed by atoms with Crippen molar-refractivity contribution >= 4 is 17.3 Å². The molecule has 0 aliphatic rings. The first-order chi connectivity index (χ1) is 9.19. The van der Waals surface area contributed by atoms with Crippen LogP contribution in [-0.2, 0) is 0 Å². The van der Waals surface area contributed by atoms with Crippen molar-refractivity contribution in [3.8, 4) is 11.5 Å². The van der Waals surface area contributed by atoms with Crippen molar-refractivity contribution in [1.29, 1.82) is 0 Å². The lowest BCUT2D eigenvalue weighted by atomic mass is 10.2. The zero-order chi connectivity index (χ0) is 14.1. The predicted octanol–water partition coefficient (Wildman–Crippen LogP) is 3.78. The third kappa shape index (κ3) is 5.34. The Bertz CT molecular complexity index is 412. The van der Waals surface area contributed by atoms with Crippen molar-refractivity contribution < 1.29 is 14.4 Å². The highest BCUT2D eigenvalue weighted by atomic mass is 35.5. The number of unbranched alkanes of at least 4 members (excludes halogenated alkanes) is 3. The van der Waals surface area contributed by atoms with Crippen LogP contribution >= 0.6 is 11.6 Å². The number of nitrogens with zero attached hydrogens (tertiary/aromatic N) is 1. The summed E-state index contributed by atoms with van der Waals surface area (Å²) in [5.41, 5.74) is -0.0693. The molecule has 5 nitrogen and oxygen atoms in total. The fourth-order valence-electron chi connectivity index (χ4n) is 1.62. The van der Waals surface area contributed by atoms with Crippen molar-refractivity contribution in [2.75, 3.05) is 19.6 Å². The lowest BCUT2D eigenvalue weighted by Gasteiger charge is -2.07. The first-order valence-corrected chi connectivity index (χ1v) is 6.73. The minimum absolute atomic E-state index is 0.0693. The number of halogens is 1. The quantitative estimate of drug-likeness (QED) is 0.300. The summed E-state index contributed by atoms with van der Waals surface area (Å²) in [6.45, 7) is 0.468. The fourth-order valence-corrected chi connectivity index (χ4v) is 1.81. The number of nitro groups is 1. The highest BCUT2D eigenvalue weighted by molar-refractivity contribution is 6.17. The Labute approximate surface area is 117 Å². The van der Waals surface area contributed by atoms with Crippen LogP contribution < -0.4 is 9.47 Å². The lowest BCUT2D eigenvalue weighted by Crippen LogP contribution is -2.01. The summed E-state index contributed by atoms with van der Waals surface area (Å²) in [5, 5.41) is 10.9. The lowest BCUT2D eigenvalue weighted by molar-refractivity contribution is -0.385. The first-order valence-electron chi connectivity index (χ1n) is 6.20. The van der Waals surface area contributed by atoms with E-state index >= 15 is 0 Å². The molecule has 0 aliphatic heterocycles. The molecule has 0 saturated heterocycles. The average molecular weight is 288 g/mol. The van der Waals surface area contributed by atoms with Crippen LogP contribution in [0.1, 0.15) is 25.7 Å². The zero-order valence-corrected chi connectivity index (χ0v) is 11.7. The monoisotopic (exact) mass is 287 g/mol. The maximum Gasteiger partial charge on any atom is 0.314 e. The molecule has 0 aliphatic carbocycles. The molecule has 1 aromatic rings. The van der Waals surface area contributed by atoms with E-state index in [0.717, 1.165) is 25.7 Å². The van der Waals surface area contributed by atoms with Crippen molar-refractivity contribution in [1.82, 2.24) is 0 Å². The summed E-state index contributed by atoms with van der Waals surface area (Å²) in [7, 11) is 1.47. The Morgan fingerprint density at radius 1 is 1.26 bits per heavy atom. The van der Waals surface area contributed by atoms with Gasteiger partial charge in [0.25, 0.3) is 0 Å². The third-order valence-electron chi connectivity index (χ3n) is 2.65. The van der Waals surface area contributed by atoms with Crippen LogP contribution in [0.3, 0.4) is 0 Å². The molecule has 0 fully saturated rings. The van der Waals surface area contributed by atoms with Crippen LogP contribution in [0.4, 0.5) is 5.69 Å². The smallest absolute Gasteiger partial charge is 0.314 e. The molecule has 0 saturated carbocycles. The van der Waals surface area contributed by atoms with Gasteiger partial charge in [-0.15, -0.1) is 11.6 Å². The SMILES string of the molecule is COc1ccc(OCCCCCCCl)c([N+](=O)[O-])c1. The summed E-state index contributed by atoms with van der Waals surface area (Å²) in [5.74, 6) is 1.40. The number of rotatable bonds is 9. The molecular weight excluding hydrogens is 270 g/mol. The second kappa shape index (κ2) is 8.58. The minimum atomic E-state index is -0.467. The van der Waals surface area contributed by atoms with E-state index in [4.69, 9.17) is 21.1 Å². The largest absolute Gasteiger partial charge is 0.496 e. The second-order valence-electron chi connectivity index (χ2n) is 4.04. The predicted molar refractivity (Wildman–Crippen MR) is 74.3 cm³/mol. The molecule has 1 rings (SSSR count). The van der Waals surface area contributed by atoms with Gasteiger partial charge in [-0.25, -0.2) is 0 Å². The molecule has 19 heavy (non-hydrogen) atoms. The number of hydrogen-bond donors (Lipinski definition) is 0. The number of hydrogen-bond acceptors (Lipinski definition) is 4. The highest BCUT2D eigenvalue weighted by Crippen LogP contribution is 2.31. The van der Waals surface area contributed by atoms with Crippen LogP contribution in [0.25, 0.3) is 0 Å². The van der Waals surface area contributed by atoms with E-state index in [1.165, 1.54) is 13.2 Å². The molecule has 0 unspecified atom stereocenters. The molecule has 6 heteroatoms. The number of alkyl halides is 1. The van der Waals surface area contributed by atoms with Gasteiger partial charge in [0, 0.05) is 5.88 Å². The van der Waals surface area contributed by atoms with E-state index in [1.54, 1.807) is 12.1 Å². The molecule has 0 heterocycles. The van der Waals surface area contributed by atoms with Crippen LogP contribution in [0.2, 0.25) is 0 Å². The van der Waals surface area contributed by atoms with Crippen molar-refractivity contribution in [2.45, 2.75) is 25.7 Å². The maximum atomic E-state index is 10.9. The van der Waals surface area contributed by atoms with Gasteiger partial charge in [-0.2, -0.15) is 0 Å². The van der Waals surface area contributed by atoms with Gasteiger partial charge in [0.1, 0.15) is 5.75 Å². The van der Waals surface area contributed by atoms with E-state index in [-0.39, 0.29) is 11.4 Å². The van der Waals surface area contributed by atoms with E-state index < -0.39 is 4.92 Å². The Balaban J connectivity index is 2.50. The van der Waals surface area contributed by atoms with E-state index in [9.17, 15) is 10.1 Å². The second-order valence-corrected chi connectivity index (χ2v) is 4.42. The highest BCUT2D eigenvalue weighted by Gasteiger charge is 2.16. The van der Waals surface area contributed by atoms with E-state index in [0.29, 0.717) is 18.2 Å². The molecule has 0 radical (unpaired) electrons. The maximum absolute atomic E-state index is 10.9. The summed E-state index contributed by atoms with van der Waals surface area (Å²) in [6, 6.07) is 4.58. The average Bonchev–Trinajstić information content (AvgIpc) is 2.42. The topological polar surface area (TPSA) is 61.6 Å². The third-order valence-corrected chi connectivity index (χ3v) is 2.92. The number of nitro benzene ring substituents is 1. The number of ether oxygens (including phenoxy) is 2. The zero-order valence-electron chi connectivity index (χ0n) is 10.9. The number of benzene rings is 1. The van der Waals surface area contributed by atoms with Gasteiger partial charge in [0.05, 0.1) is 24.7 Å². The van der Waals surface area contributed by atoms with E-state index in [1.807, 2.05) is 0 Å². The molecular formula is C13H18ClNO4. The van der Waals surface area contributed by atoms with Crippen molar-refractivity contribution in [3.05, 3.63) is 28.3 Å².